The first-order chi connectivity index (χ1) is 14.6. The lowest BCUT2D eigenvalue weighted by Crippen LogP contribution is -2.49. The van der Waals surface area contributed by atoms with E-state index in [1.807, 2.05) is 48.5 Å². The van der Waals surface area contributed by atoms with Crippen molar-refractivity contribution in [2.45, 2.75) is 44.4 Å². The fraction of sp³-hybridized carbons (Fsp3) is 0.333. The van der Waals surface area contributed by atoms with Crippen molar-refractivity contribution in [1.82, 2.24) is 4.90 Å². The van der Waals surface area contributed by atoms with E-state index in [2.05, 4.69) is 31.1 Å². The summed E-state index contributed by atoms with van der Waals surface area (Å²) in [6.45, 7) is 4.30. The van der Waals surface area contributed by atoms with Crippen molar-refractivity contribution in [3.8, 4) is 0 Å². The molecule has 3 atom stereocenters. The number of amides is 1. The Hall–Kier alpha value is -3.28. The van der Waals surface area contributed by atoms with Gasteiger partial charge in [0.2, 0.25) is 5.90 Å². The van der Waals surface area contributed by atoms with Crippen molar-refractivity contribution in [1.29, 1.82) is 0 Å². The second kappa shape index (κ2) is 8.61. The highest BCUT2D eigenvalue weighted by Gasteiger charge is 2.44. The van der Waals surface area contributed by atoms with Crippen LogP contribution in [0.4, 0.5) is 4.79 Å². The van der Waals surface area contributed by atoms with E-state index in [0.717, 1.165) is 11.1 Å². The minimum Gasteiger partial charge on any atom is -0.467 e. The van der Waals surface area contributed by atoms with Crippen LogP contribution in [0.3, 0.4) is 0 Å². The number of hydrogen-bond donors (Lipinski definition) is 0. The summed E-state index contributed by atoms with van der Waals surface area (Å²) in [4.78, 5) is 19.9. The zero-order chi connectivity index (χ0) is 21.1. The van der Waals surface area contributed by atoms with E-state index in [-0.39, 0.29) is 6.10 Å². The first-order valence-corrected chi connectivity index (χ1v) is 10.1. The molecule has 30 heavy (non-hydrogen) atoms. The predicted octanol–water partition coefficient (Wildman–Crippen LogP) is 4.79. The number of nitrogens with zero attached hydrogens (tertiary/aromatic N) is 2. The monoisotopic (exact) mass is 406 g/mol. The number of carbonyl (C=O) groups is 1. The Bertz CT molecular complexity index is 937. The SMILES string of the molecule is COC(=O)N1C=C[C@H]2OC(Cc3ccccc3)=NO[C@H]2[C@@H]1c1ccc(C(C)C)cc1. The van der Waals surface area contributed by atoms with Gasteiger partial charge in [-0.1, -0.05) is 73.6 Å². The minimum absolute atomic E-state index is 0.350. The van der Waals surface area contributed by atoms with Crippen molar-refractivity contribution in [3.63, 3.8) is 0 Å². The van der Waals surface area contributed by atoms with Gasteiger partial charge >= 0.3 is 6.09 Å². The third kappa shape index (κ3) is 4.03. The van der Waals surface area contributed by atoms with E-state index >= 15 is 0 Å². The average molecular weight is 406 g/mol. The number of fused-ring (bicyclic) bond motifs is 1. The van der Waals surface area contributed by atoms with Crippen LogP contribution < -0.4 is 0 Å². The topological polar surface area (TPSA) is 60.4 Å². The molecule has 2 aliphatic heterocycles. The highest BCUT2D eigenvalue weighted by atomic mass is 16.7. The van der Waals surface area contributed by atoms with Gasteiger partial charge in [0.1, 0.15) is 6.04 Å². The third-order valence-corrected chi connectivity index (χ3v) is 5.45. The van der Waals surface area contributed by atoms with Gasteiger partial charge in [0.25, 0.3) is 0 Å². The normalized spacial score (nSPS) is 22.6. The molecule has 1 amide bonds. The van der Waals surface area contributed by atoms with Crippen LogP contribution in [0.25, 0.3) is 0 Å². The molecule has 0 unspecified atom stereocenters. The Morgan fingerprint density at radius 2 is 1.87 bits per heavy atom. The van der Waals surface area contributed by atoms with Crippen molar-refractivity contribution >= 4 is 12.0 Å². The molecule has 0 aromatic heterocycles. The Morgan fingerprint density at radius 3 is 2.53 bits per heavy atom. The fourth-order valence-corrected chi connectivity index (χ4v) is 3.79. The van der Waals surface area contributed by atoms with Gasteiger partial charge in [-0.3, -0.25) is 4.90 Å². The molecule has 0 bridgehead atoms. The molecule has 2 heterocycles. The molecule has 2 aliphatic rings. The quantitative estimate of drug-likeness (QED) is 0.733. The summed E-state index contributed by atoms with van der Waals surface area (Å²) < 4.78 is 11.1. The van der Waals surface area contributed by atoms with E-state index < -0.39 is 18.2 Å². The number of carbonyl (C=O) groups excluding carboxylic acids is 1. The van der Waals surface area contributed by atoms with Crippen molar-refractivity contribution < 1.29 is 19.1 Å². The predicted molar refractivity (Wildman–Crippen MR) is 114 cm³/mol. The van der Waals surface area contributed by atoms with Gasteiger partial charge in [0, 0.05) is 6.20 Å². The van der Waals surface area contributed by atoms with Gasteiger partial charge in [-0.05, 0) is 28.7 Å². The number of benzene rings is 2. The van der Waals surface area contributed by atoms with E-state index in [9.17, 15) is 4.79 Å². The highest BCUT2D eigenvalue weighted by Crippen LogP contribution is 2.36. The maximum Gasteiger partial charge on any atom is 0.414 e. The van der Waals surface area contributed by atoms with Gasteiger partial charge in [-0.2, -0.15) is 0 Å². The van der Waals surface area contributed by atoms with Crippen LogP contribution >= 0.6 is 0 Å². The first kappa shape index (κ1) is 20.0. The lowest BCUT2D eigenvalue weighted by atomic mass is 9.91. The molecule has 0 saturated carbocycles. The molecule has 6 nitrogen and oxygen atoms in total. The van der Waals surface area contributed by atoms with Crippen LogP contribution in [0.1, 0.15) is 42.5 Å². The summed E-state index contributed by atoms with van der Waals surface area (Å²) in [6, 6.07) is 17.8. The second-order valence-electron chi connectivity index (χ2n) is 7.78. The van der Waals surface area contributed by atoms with Crippen LogP contribution in [0.15, 0.2) is 72.0 Å². The summed E-state index contributed by atoms with van der Waals surface area (Å²) in [5, 5.41) is 4.23. The van der Waals surface area contributed by atoms with Crippen molar-refractivity contribution in [2.24, 2.45) is 5.16 Å². The molecule has 6 heteroatoms. The van der Waals surface area contributed by atoms with Crippen LogP contribution in [0, 0.1) is 0 Å². The van der Waals surface area contributed by atoms with Gasteiger partial charge in [0.05, 0.1) is 13.5 Å². The molecular weight excluding hydrogens is 380 g/mol. The van der Waals surface area contributed by atoms with E-state index in [1.54, 1.807) is 6.20 Å². The van der Waals surface area contributed by atoms with Gasteiger partial charge in [-0.15, -0.1) is 0 Å². The maximum absolute atomic E-state index is 12.4. The molecule has 156 valence electrons. The molecule has 0 aliphatic carbocycles. The van der Waals surface area contributed by atoms with E-state index in [4.69, 9.17) is 14.3 Å². The summed E-state index contributed by atoms with van der Waals surface area (Å²) in [5.74, 6) is 0.946. The third-order valence-electron chi connectivity index (χ3n) is 5.45. The second-order valence-corrected chi connectivity index (χ2v) is 7.78. The maximum atomic E-state index is 12.4. The number of hydrogen-bond acceptors (Lipinski definition) is 5. The summed E-state index contributed by atoms with van der Waals surface area (Å²) in [5.41, 5.74) is 3.26. The Labute approximate surface area is 176 Å². The van der Waals surface area contributed by atoms with E-state index in [1.165, 1.54) is 17.6 Å². The number of ether oxygens (including phenoxy) is 2. The Balaban J connectivity index is 1.61. The molecular formula is C24H26N2O4. The number of rotatable bonds is 4. The molecule has 2 aromatic rings. The zero-order valence-corrected chi connectivity index (χ0v) is 17.4. The molecule has 4 rings (SSSR count). The van der Waals surface area contributed by atoms with Crippen LogP contribution in [-0.4, -0.2) is 36.2 Å². The highest BCUT2D eigenvalue weighted by molar-refractivity contribution is 5.79. The number of oxime groups is 1. The zero-order valence-electron chi connectivity index (χ0n) is 17.4. The molecule has 0 saturated heterocycles. The lowest BCUT2D eigenvalue weighted by molar-refractivity contribution is -0.0855. The Kier molecular flexibility index (Phi) is 5.74. The summed E-state index contributed by atoms with van der Waals surface area (Å²) in [6.07, 6.45) is 2.80. The average Bonchev–Trinajstić information content (AvgIpc) is 2.78. The largest absolute Gasteiger partial charge is 0.467 e. The first-order valence-electron chi connectivity index (χ1n) is 10.1. The fourth-order valence-electron chi connectivity index (χ4n) is 3.79. The van der Waals surface area contributed by atoms with Crippen LogP contribution in [-0.2, 0) is 20.7 Å². The molecule has 0 spiro atoms. The smallest absolute Gasteiger partial charge is 0.414 e. The van der Waals surface area contributed by atoms with Crippen LogP contribution in [0.5, 0.6) is 0 Å². The number of methoxy groups -OCH3 is 1. The summed E-state index contributed by atoms with van der Waals surface area (Å²) in [7, 11) is 1.37. The van der Waals surface area contributed by atoms with Crippen molar-refractivity contribution in [3.05, 3.63) is 83.6 Å². The summed E-state index contributed by atoms with van der Waals surface area (Å²) >= 11 is 0. The lowest BCUT2D eigenvalue weighted by Gasteiger charge is -2.41. The minimum atomic E-state index is -0.474. The standard InChI is InChI=1S/C24H26N2O4/c1-16(2)18-9-11-19(12-10-18)22-23-20(13-14-26(22)24(27)28-3)29-21(25-30-23)15-17-7-5-4-6-8-17/h4-14,16,20,22-23H,15H2,1-3H3/t20-,22+,23-/m1/s1. The molecule has 2 aromatic carbocycles. The van der Waals surface area contributed by atoms with Gasteiger partial charge in [-0.25, -0.2) is 4.79 Å². The van der Waals surface area contributed by atoms with Crippen molar-refractivity contribution in [2.75, 3.05) is 7.11 Å². The molecule has 0 N–H and O–H groups in total. The molecule has 0 radical (unpaired) electrons. The van der Waals surface area contributed by atoms with Crippen LogP contribution in [0.2, 0.25) is 0 Å². The Morgan fingerprint density at radius 1 is 1.13 bits per heavy atom. The van der Waals surface area contributed by atoms with Gasteiger partial charge < -0.3 is 14.3 Å². The van der Waals surface area contributed by atoms with Gasteiger partial charge in [0.15, 0.2) is 12.2 Å². The van der Waals surface area contributed by atoms with E-state index in [0.29, 0.717) is 18.2 Å². The molecule has 0 fully saturated rings.